The van der Waals surface area contributed by atoms with Crippen molar-refractivity contribution in [1.29, 1.82) is 0 Å². The van der Waals surface area contributed by atoms with Gasteiger partial charge in [-0.15, -0.1) is 0 Å². The van der Waals surface area contributed by atoms with Gasteiger partial charge in [0.15, 0.2) is 6.10 Å². The second-order valence-electron chi connectivity index (χ2n) is 6.34. The number of esters is 1. The van der Waals surface area contributed by atoms with E-state index in [1.807, 2.05) is 30.3 Å². The van der Waals surface area contributed by atoms with Gasteiger partial charge in [0, 0.05) is 17.8 Å². The first-order valence-electron chi connectivity index (χ1n) is 9.02. The number of carbonyl (C=O) groups is 2. The number of para-hydroxylation sites is 1. The molecule has 0 unspecified atom stereocenters. The van der Waals surface area contributed by atoms with E-state index in [0.29, 0.717) is 6.54 Å². The average Bonchev–Trinajstić information content (AvgIpc) is 3.16. The van der Waals surface area contributed by atoms with Crippen LogP contribution in [0, 0.1) is 5.82 Å². The van der Waals surface area contributed by atoms with Crippen molar-refractivity contribution in [3.05, 3.63) is 90.0 Å². The molecule has 0 saturated carbocycles. The van der Waals surface area contributed by atoms with Crippen LogP contribution >= 0.6 is 0 Å². The lowest BCUT2D eigenvalue weighted by Crippen LogP contribution is -2.29. The van der Waals surface area contributed by atoms with Crippen molar-refractivity contribution in [2.75, 3.05) is 5.32 Å². The van der Waals surface area contributed by atoms with E-state index >= 15 is 0 Å². The Morgan fingerprint density at radius 3 is 2.66 bits per heavy atom. The van der Waals surface area contributed by atoms with Crippen LogP contribution in [0.4, 0.5) is 10.1 Å². The van der Waals surface area contributed by atoms with Crippen LogP contribution in [0.25, 0.3) is 6.08 Å². The third-order valence-corrected chi connectivity index (χ3v) is 4.05. The minimum absolute atomic E-state index is 0.0294. The number of rotatable bonds is 7. The molecule has 0 aliphatic rings. The monoisotopic (exact) mass is 393 g/mol. The fourth-order valence-corrected chi connectivity index (χ4v) is 2.55. The van der Waals surface area contributed by atoms with Gasteiger partial charge in [0.05, 0.1) is 18.4 Å². The summed E-state index contributed by atoms with van der Waals surface area (Å²) < 4.78 is 20.4. The van der Waals surface area contributed by atoms with Crippen molar-refractivity contribution < 1.29 is 18.7 Å². The first-order valence-corrected chi connectivity index (χ1v) is 9.02. The molecule has 6 nitrogen and oxygen atoms in total. The number of carbonyl (C=O) groups excluding carboxylic acids is 2. The molecule has 3 aromatic rings. The summed E-state index contributed by atoms with van der Waals surface area (Å²) in [7, 11) is 0. The van der Waals surface area contributed by atoms with Crippen LogP contribution in [-0.2, 0) is 20.9 Å². The lowest BCUT2D eigenvalue weighted by atomic mass is 10.2. The van der Waals surface area contributed by atoms with E-state index in [-0.39, 0.29) is 5.69 Å². The van der Waals surface area contributed by atoms with Gasteiger partial charge in [-0.3, -0.25) is 9.48 Å². The molecule has 1 atom stereocenters. The Kier molecular flexibility index (Phi) is 6.52. The van der Waals surface area contributed by atoms with Crippen molar-refractivity contribution in [2.45, 2.75) is 19.6 Å². The number of benzene rings is 2. The summed E-state index contributed by atoms with van der Waals surface area (Å²) in [5.74, 6) is -1.86. The highest BCUT2D eigenvalue weighted by Crippen LogP contribution is 2.13. The van der Waals surface area contributed by atoms with Gasteiger partial charge in [-0.25, -0.2) is 9.18 Å². The van der Waals surface area contributed by atoms with E-state index in [1.54, 1.807) is 29.2 Å². The predicted molar refractivity (Wildman–Crippen MR) is 107 cm³/mol. The summed E-state index contributed by atoms with van der Waals surface area (Å²) in [6, 6.07) is 15.6. The molecule has 0 aliphatic heterocycles. The van der Waals surface area contributed by atoms with Gasteiger partial charge in [0.2, 0.25) is 0 Å². The molecule has 3 rings (SSSR count). The van der Waals surface area contributed by atoms with E-state index in [2.05, 4.69) is 10.4 Å². The fraction of sp³-hybridized carbons (Fsp3) is 0.136. The van der Waals surface area contributed by atoms with Crippen LogP contribution in [-0.4, -0.2) is 27.8 Å². The van der Waals surface area contributed by atoms with Crippen LogP contribution in [0.1, 0.15) is 18.1 Å². The number of hydrogen-bond donors (Lipinski definition) is 1. The highest BCUT2D eigenvalue weighted by molar-refractivity contribution is 5.96. The van der Waals surface area contributed by atoms with Gasteiger partial charge in [0.25, 0.3) is 5.91 Å². The molecule has 0 fully saturated rings. The number of halogens is 1. The molecule has 1 amide bonds. The molecular formula is C22H20FN3O3. The van der Waals surface area contributed by atoms with Crippen molar-refractivity contribution >= 4 is 23.6 Å². The Bertz CT molecular complexity index is 1010. The highest BCUT2D eigenvalue weighted by Gasteiger charge is 2.17. The Morgan fingerprint density at radius 1 is 1.17 bits per heavy atom. The summed E-state index contributed by atoms with van der Waals surface area (Å²) >= 11 is 0. The Morgan fingerprint density at radius 2 is 1.90 bits per heavy atom. The van der Waals surface area contributed by atoms with E-state index < -0.39 is 23.8 Å². The maximum Gasteiger partial charge on any atom is 0.331 e. The number of nitrogens with zero attached hydrogens (tertiary/aromatic N) is 2. The predicted octanol–water partition coefficient (Wildman–Crippen LogP) is 3.65. The third kappa shape index (κ3) is 5.87. The van der Waals surface area contributed by atoms with Gasteiger partial charge < -0.3 is 10.1 Å². The number of aromatic nitrogens is 2. The van der Waals surface area contributed by atoms with Gasteiger partial charge in [-0.2, -0.15) is 5.10 Å². The minimum Gasteiger partial charge on any atom is -0.449 e. The van der Waals surface area contributed by atoms with Crippen molar-refractivity contribution in [2.24, 2.45) is 0 Å². The van der Waals surface area contributed by atoms with Gasteiger partial charge in [-0.1, -0.05) is 42.5 Å². The number of nitrogens with one attached hydrogen (secondary N) is 1. The summed E-state index contributed by atoms with van der Waals surface area (Å²) in [6.07, 6.45) is 5.12. The lowest BCUT2D eigenvalue weighted by Gasteiger charge is -2.12. The van der Waals surface area contributed by atoms with Crippen LogP contribution in [0.2, 0.25) is 0 Å². The van der Waals surface area contributed by atoms with Crippen LogP contribution in [0.3, 0.4) is 0 Å². The van der Waals surface area contributed by atoms with Crippen LogP contribution < -0.4 is 5.32 Å². The Hall–Kier alpha value is -3.74. The molecule has 0 aliphatic carbocycles. The molecule has 148 valence electrons. The second-order valence-corrected chi connectivity index (χ2v) is 6.34. The highest BCUT2D eigenvalue weighted by atomic mass is 19.1. The molecule has 29 heavy (non-hydrogen) atoms. The second kappa shape index (κ2) is 9.45. The summed E-state index contributed by atoms with van der Waals surface area (Å²) in [5, 5.41) is 6.63. The molecule has 1 heterocycles. The van der Waals surface area contributed by atoms with Gasteiger partial charge in [0.1, 0.15) is 5.82 Å². The van der Waals surface area contributed by atoms with Gasteiger partial charge >= 0.3 is 5.97 Å². The molecule has 0 bridgehead atoms. The van der Waals surface area contributed by atoms with Crippen LogP contribution in [0.15, 0.2) is 73.1 Å². The van der Waals surface area contributed by atoms with E-state index in [9.17, 15) is 14.0 Å². The van der Waals surface area contributed by atoms with Crippen molar-refractivity contribution in [3.8, 4) is 0 Å². The SMILES string of the molecule is C[C@H](OC(=O)/C=C/c1cnn(Cc2ccccc2)c1)C(=O)Nc1ccccc1F. The normalized spacial score (nSPS) is 11.9. The Balaban J connectivity index is 1.51. The first-order chi connectivity index (χ1) is 14.0. The topological polar surface area (TPSA) is 73.2 Å². The maximum atomic E-state index is 13.6. The summed E-state index contributed by atoms with van der Waals surface area (Å²) in [5.41, 5.74) is 1.86. The lowest BCUT2D eigenvalue weighted by molar-refractivity contribution is -0.148. The summed E-state index contributed by atoms with van der Waals surface area (Å²) in [4.78, 5) is 24.0. The standard InChI is InChI=1S/C22H20FN3O3/c1-16(22(28)25-20-10-6-5-9-19(20)23)29-21(27)12-11-18-13-24-26(15-18)14-17-7-3-2-4-8-17/h2-13,15-16H,14H2,1H3,(H,25,28)/b12-11+/t16-/m0/s1. The smallest absolute Gasteiger partial charge is 0.331 e. The Labute approximate surface area is 167 Å². The number of amides is 1. The van der Waals surface area contributed by atoms with Crippen molar-refractivity contribution in [1.82, 2.24) is 9.78 Å². The molecule has 0 spiro atoms. The largest absolute Gasteiger partial charge is 0.449 e. The minimum atomic E-state index is -1.08. The quantitative estimate of drug-likeness (QED) is 0.491. The van der Waals surface area contributed by atoms with E-state index in [4.69, 9.17) is 4.74 Å². The number of ether oxygens (including phenoxy) is 1. The zero-order valence-corrected chi connectivity index (χ0v) is 15.8. The third-order valence-electron chi connectivity index (χ3n) is 4.05. The summed E-state index contributed by atoms with van der Waals surface area (Å²) in [6.45, 7) is 2.03. The molecule has 1 N–H and O–H groups in total. The zero-order valence-electron chi connectivity index (χ0n) is 15.8. The molecule has 0 saturated heterocycles. The molecule has 2 aromatic carbocycles. The fourth-order valence-electron chi connectivity index (χ4n) is 2.55. The number of hydrogen-bond acceptors (Lipinski definition) is 4. The van der Waals surface area contributed by atoms with Gasteiger partial charge in [-0.05, 0) is 30.7 Å². The number of anilines is 1. The van der Waals surface area contributed by atoms with E-state index in [1.165, 1.54) is 31.2 Å². The maximum absolute atomic E-state index is 13.6. The zero-order chi connectivity index (χ0) is 20.6. The van der Waals surface area contributed by atoms with E-state index in [0.717, 1.165) is 11.1 Å². The first kappa shape index (κ1) is 20.0. The molecule has 7 heteroatoms. The average molecular weight is 393 g/mol. The van der Waals surface area contributed by atoms with Crippen LogP contribution in [0.5, 0.6) is 0 Å². The molecular weight excluding hydrogens is 373 g/mol. The molecule has 1 aromatic heterocycles. The van der Waals surface area contributed by atoms with Crippen molar-refractivity contribution in [3.63, 3.8) is 0 Å². The molecule has 0 radical (unpaired) electrons.